The lowest BCUT2D eigenvalue weighted by Crippen LogP contribution is -2.42. The van der Waals surface area contributed by atoms with Gasteiger partial charge in [-0.05, 0) is 30.2 Å². The molecule has 0 heterocycles. The van der Waals surface area contributed by atoms with Crippen molar-refractivity contribution in [3.63, 3.8) is 0 Å². The first kappa shape index (κ1) is 18.4. The monoisotopic (exact) mass is 386 g/mol. The topological polar surface area (TPSA) is 156 Å². The zero-order valence-corrected chi connectivity index (χ0v) is 14.8. The number of benzene rings is 2. The van der Waals surface area contributed by atoms with E-state index in [4.69, 9.17) is 0 Å². The number of carbonyl (C=O) groups is 2. The minimum atomic E-state index is -1.72. The van der Waals surface area contributed by atoms with Crippen molar-refractivity contribution in [3.8, 4) is 17.2 Å². The number of aliphatic hydroxyl groups is 3. The predicted molar refractivity (Wildman–Crippen MR) is 94.5 cm³/mol. The van der Waals surface area contributed by atoms with Gasteiger partial charge in [-0.3, -0.25) is 9.59 Å². The minimum absolute atomic E-state index is 0.0196. The van der Waals surface area contributed by atoms with E-state index < -0.39 is 63.3 Å². The first-order valence-electron chi connectivity index (χ1n) is 8.75. The molecule has 28 heavy (non-hydrogen) atoms. The Hall–Kier alpha value is -2.94. The Kier molecular flexibility index (Phi) is 3.80. The Labute approximate surface area is 158 Å². The Morgan fingerprint density at radius 2 is 1.57 bits per heavy atom. The molecule has 8 nitrogen and oxygen atoms in total. The molecule has 4 rings (SSSR count). The summed E-state index contributed by atoms with van der Waals surface area (Å²) >= 11 is 0. The molecule has 0 fully saturated rings. The zero-order valence-electron chi connectivity index (χ0n) is 14.8. The number of ketones is 2. The average molecular weight is 386 g/mol. The zero-order chi connectivity index (χ0) is 20.5. The molecule has 0 radical (unpaired) electrons. The third-order valence-corrected chi connectivity index (χ3v) is 5.76. The van der Waals surface area contributed by atoms with Crippen molar-refractivity contribution < 1.29 is 40.2 Å². The number of aliphatic hydroxyl groups excluding tert-OH is 2. The second kappa shape index (κ2) is 5.78. The highest BCUT2D eigenvalue weighted by Crippen LogP contribution is 2.51. The van der Waals surface area contributed by atoms with Crippen LogP contribution in [0.3, 0.4) is 0 Å². The summed E-state index contributed by atoms with van der Waals surface area (Å²) in [7, 11) is 0. The molecule has 146 valence electrons. The summed E-state index contributed by atoms with van der Waals surface area (Å²) in [6, 6.07) is 3.30. The molecule has 0 bridgehead atoms. The van der Waals surface area contributed by atoms with E-state index in [2.05, 4.69) is 0 Å². The van der Waals surface area contributed by atoms with Gasteiger partial charge in [0.1, 0.15) is 23.4 Å². The molecule has 8 heteroatoms. The highest BCUT2D eigenvalue weighted by molar-refractivity contribution is 6.31. The van der Waals surface area contributed by atoms with Gasteiger partial charge in [0.05, 0.1) is 28.4 Å². The van der Waals surface area contributed by atoms with Crippen molar-refractivity contribution in [2.45, 2.75) is 37.6 Å². The van der Waals surface area contributed by atoms with Crippen LogP contribution in [-0.2, 0) is 0 Å². The van der Waals surface area contributed by atoms with Gasteiger partial charge < -0.3 is 30.6 Å². The number of carbonyl (C=O) groups excluding carboxylic acids is 2. The first-order chi connectivity index (χ1) is 13.1. The van der Waals surface area contributed by atoms with E-state index in [1.54, 1.807) is 6.92 Å². The normalized spacial score (nSPS) is 25.9. The summed E-state index contributed by atoms with van der Waals surface area (Å²) in [6.45, 7) is 1.60. The van der Waals surface area contributed by atoms with E-state index >= 15 is 0 Å². The van der Waals surface area contributed by atoms with E-state index in [0.29, 0.717) is 0 Å². The van der Waals surface area contributed by atoms with Gasteiger partial charge in [0, 0.05) is 17.5 Å². The Morgan fingerprint density at radius 1 is 1.00 bits per heavy atom. The van der Waals surface area contributed by atoms with E-state index in [-0.39, 0.29) is 29.5 Å². The van der Waals surface area contributed by atoms with Crippen LogP contribution in [0.4, 0.5) is 0 Å². The molecular weight excluding hydrogens is 368 g/mol. The van der Waals surface area contributed by atoms with E-state index in [1.165, 1.54) is 6.07 Å². The molecule has 6 N–H and O–H groups in total. The van der Waals surface area contributed by atoms with Gasteiger partial charge in [-0.2, -0.15) is 0 Å². The van der Waals surface area contributed by atoms with Crippen LogP contribution < -0.4 is 0 Å². The second-order valence-electron chi connectivity index (χ2n) is 7.24. The van der Waals surface area contributed by atoms with Gasteiger partial charge >= 0.3 is 0 Å². The summed E-state index contributed by atoms with van der Waals surface area (Å²) in [5, 5.41) is 62.5. The van der Waals surface area contributed by atoms with Gasteiger partial charge in [-0.15, -0.1) is 0 Å². The maximum absolute atomic E-state index is 13.0. The summed E-state index contributed by atoms with van der Waals surface area (Å²) in [4.78, 5) is 25.9. The number of aromatic hydroxyl groups is 3. The Balaban J connectivity index is 2.04. The van der Waals surface area contributed by atoms with Crippen LogP contribution in [-0.4, -0.2) is 47.8 Å². The van der Waals surface area contributed by atoms with Crippen LogP contribution in [0.2, 0.25) is 0 Å². The quantitative estimate of drug-likeness (QED) is 0.341. The SMILES string of the molecule is CC[C@@]1(O)C[C@H](O)c2cc3c(c(O)c2[C@H]1O)C(=O)c1c(O)ccc(O)c1C3=O. The van der Waals surface area contributed by atoms with Crippen molar-refractivity contribution >= 4 is 11.6 Å². The van der Waals surface area contributed by atoms with Gasteiger partial charge in [0.15, 0.2) is 5.78 Å². The van der Waals surface area contributed by atoms with Crippen molar-refractivity contribution in [1.29, 1.82) is 0 Å². The van der Waals surface area contributed by atoms with Crippen LogP contribution in [0.15, 0.2) is 18.2 Å². The number of rotatable bonds is 1. The molecule has 0 aromatic heterocycles. The van der Waals surface area contributed by atoms with E-state index in [1.807, 2.05) is 0 Å². The Morgan fingerprint density at radius 3 is 2.14 bits per heavy atom. The van der Waals surface area contributed by atoms with Gasteiger partial charge in [0.2, 0.25) is 5.78 Å². The van der Waals surface area contributed by atoms with Crippen LogP contribution in [0.25, 0.3) is 0 Å². The summed E-state index contributed by atoms with van der Waals surface area (Å²) in [5.74, 6) is -3.51. The molecule has 0 spiro atoms. The number of hydrogen-bond acceptors (Lipinski definition) is 8. The fourth-order valence-corrected chi connectivity index (χ4v) is 4.14. The number of phenols is 3. The maximum atomic E-state index is 13.0. The summed E-state index contributed by atoms with van der Waals surface area (Å²) in [5.41, 5.74) is -3.50. The molecule has 0 aliphatic heterocycles. The Bertz CT molecular complexity index is 1060. The smallest absolute Gasteiger partial charge is 0.202 e. The average Bonchev–Trinajstić information content (AvgIpc) is 2.65. The standard InChI is InChI=1S/C20H18O8/c1-2-20(28)6-11(23)7-5-8-12(17(25)13(7)19(20)27)18(26)15-10(22)4-3-9(21)14(15)16(8)24/h3-5,11,19,21-23,25,27-28H,2,6H2,1H3/t11-,19+,20+/m0/s1. The van der Waals surface area contributed by atoms with Crippen molar-refractivity contribution in [1.82, 2.24) is 0 Å². The van der Waals surface area contributed by atoms with Crippen molar-refractivity contribution in [2.75, 3.05) is 0 Å². The fourth-order valence-electron chi connectivity index (χ4n) is 4.14. The van der Waals surface area contributed by atoms with Crippen molar-refractivity contribution in [3.05, 3.63) is 51.6 Å². The molecule has 0 amide bonds. The third-order valence-electron chi connectivity index (χ3n) is 5.76. The fraction of sp³-hybridized carbons (Fsp3) is 0.300. The molecule has 2 aliphatic rings. The van der Waals surface area contributed by atoms with E-state index in [9.17, 15) is 40.2 Å². The van der Waals surface area contributed by atoms with Crippen molar-refractivity contribution in [2.24, 2.45) is 0 Å². The highest BCUT2D eigenvalue weighted by atomic mass is 16.3. The molecule has 2 aromatic carbocycles. The van der Waals surface area contributed by atoms with Crippen LogP contribution in [0, 0.1) is 0 Å². The number of phenolic OH excluding ortho intramolecular Hbond substituents is 3. The van der Waals surface area contributed by atoms with Gasteiger partial charge in [-0.25, -0.2) is 0 Å². The molecule has 0 saturated carbocycles. The molecule has 2 aliphatic carbocycles. The van der Waals surface area contributed by atoms with Gasteiger partial charge in [0.25, 0.3) is 0 Å². The molecule has 3 atom stereocenters. The van der Waals surface area contributed by atoms with Crippen LogP contribution in [0.5, 0.6) is 17.2 Å². The largest absolute Gasteiger partial charge is 0.507 e. The van der Waals surface area contributed by atoms with E-state index in [0.717, 1.165) is 12.1 Å². The van der Waals surface area contributed by atoms with Crippen LogP contribution in [0.1, 0.15) is 74.9 Å². The molecule has 2 aromatic rings. The minimum Gasteiger partial charge on any atom is -0.507 e. The molecule has 0 unspecified atom stereocenters. The summed E-state index contributed by atoms with van der Waals surface area (Å²) < 4.78 is 0. The van der Waals surface area contributed by atoms with Gasteiger partial charge in [-0.1, -0.05) is 6.92 Å². The number of hydrogen-bond donors (Lipinski definition) is 6. The lowest BCUT2D eigenvalue weighted by atomic mass is 9.71. The third kappa shape index (κ3) is 2.16. The second-order valence-corrected chi connectivity index (χ2v) is 7.24. The first-order valence-corrected chi connectivity index (χ1v) is 8.75. The lowest BCUT2D eigenvalue weighted by molar-refractivity contribution is -0.117. The highest BCUT2D eigenvalue weighted by Gasteiger charge is 2.47. The molecular formula is C20H18O8. The number of fused-ring (bicyclic) bond motifs is 3. The lowest BCUT2D eigenvalue weighted by Gasteiger charge is -2.41. The van der Waals surface area contributed by atoms with Crippen LogP contribution >= 0.6 is 0 Å². The maximum Gasteiger partial charge on any atom is 0.202 e. The summed E-state index contributed by atoms with van der Waals surface area (Å²) in [6.07, 6.45) is -3.03. The predicted octanol–water partition coefficient (Wildman–Crippen LogP) is 1.19. The molecule has 0 saturated heterocycles.